The van der Waals surface area contributed by atoms with Gasteiger partial charge in [-0.05, 0) is 60.7 Å². The van der Waals surface area contributed by atoms with E-state index in [1.165, 1.54) is 0 Å². The lowest BCUT2D eigenvalue weighted by Gasteiger charge is -2.29. The van der Waals surface area contributed by atoms with Gasteiger partial charge in [0.2, 0.25) is 11.8 Å². The fourth-order valence-electron chi connectivity index (χ4n) is 2.97. The highest BCUT2D eigenvalue weighted by Gasteiger charge is 2.22. The van der Waals surface area contributed by atoms with Crippen LogP contribution in [0.15, 0.2) is 47.2 Å². The summed E-state index contributed by atoms with van der Waals surface area (Å²) < 4.78 is 0. The average Bonchev–Trinajstić information content (AvgIpc) is 3.34. The Morgan fingerprint density at radius 3 is 1.58 bits per heavy atom. The molecular weight excluding hydrogens is 364 g/mol. The molecule has 0 radical (unpaired) electrons. The predicted octanol–water partition coefficient (Wildman–Crippen LogP) is 4.08. The Labute approximate surface area is 161 Å². The highest BCUT2D eigenvalue weighted by molar-refractivity contribution is 7.11. The number of amides is 2. The van der Waals surface area contributed by atoms with E-state index >= 15 is 0 Å². The van der Waals surface area contributed by atoms with Crippen molar-refractivity contribution in [1.29, 1.82) is 0 Å². The second kappa shape index (κ2) is 9.50. The van der Waals surface area contributed by atoms with Crippen molar-refractivity contribution in [3.05, 3.63) is 56.9 Å². The molecule has 2 N–H and O–H groups in total. The maximum Gasteiger partial charge on any atom is 0.244 e. The second-order valence-corrected chi connectivity index (χ2v) is 8.22. The molecule has 3 rings (SSSR count). The first-order valence-corrected chi connectivity index (χ1v) is 10.5. The average molecular weight is 387 g/mol. The third kappa shape index (κ3) is 5.97. The van der Waals surface area contributed by atoms with Crippen LogP contribution in [-0.4, -0.2) is 23.9 Å². The van der Waals surface area contributed by atoms with Gasteiger partial charge in [-0.25, -0.2) is 0 Å². The van der Waals surface area contributed by atoms with Crippen molar-refractivity contribution >= 4 is 46.6 Å². The molecule has 0 saturated heterocycles. The van der Waals surface area contributed by atoms with Crippen LogP contribution in [0.4, 0.5) is 0 Å². The van der Waals surface area contributed by atoms with Crippen molar-refractivity contribution in [3.63, 3.8) is 0 Å². The van der Waals surface area contributed by atoms with E-state index in [2.05, 4.69) is 10.6 Å². The van der Waals surface area contributed by atoms with Crippen molar-refractivity contribution in [1.82, 2.24) is 10.6 Å². The van der Waals surface area contributed by atoms with E-state index in [0.29, 0.717) is 0 Å². The normalized spacial score (nSPS) is 20.5. The van der Waals surface area contributed by atoms with Crippen LogP contribution in [0.3, 0.4) is 0 Å². The van der Waals surface area contributed by atoms with Crippen LogP contribution in [0.1, 0.15) is 35.4 Å². The number of hydrogen-bond acceptors (Lipinski definition) is 4. The first-order valence-electron chi connectivity index (χ1n) is 8.73. The Hall–Kier alpha value is -2.18. The zero-order valence-corrected chi connectivity index (χ0v) is 16.0. The summed E-state index contributed by atoms with van der Waals surface area (Å²) in [5, 5.41) is 10.1. The zero-order chi connectivity index (χ0) is 18.2. The molecule has 136 valence electrons. The van der Waals surface area contributed by atoms with Crippen molar-refractivity contribution in [3.8, 4) is 0 Å². The Kier molecular flexibility index (Phi) is 6.80. The standard InChI is InChI=1S/C20H22N2O2S2/c23-19(11-9-17-3-1-13-25-17)21-15-5-7-16(8-6-15)22-20(24)12-10-18-4-2-14-26-18/h1-4,9-16H,5-8H2,(H,21,23)(H,22,24). The number of hydrogen-bond donors (Lipinski definition) is 2. The van der Waals surface area contributed by atoms with E-state index in [4.69, 9.17) is 0 Å². The fraction of sp³-hybridized carbons (Fsp3) is 0.300. The van der Waals surface area contributed by atoms with Gasteiger partial charge in [0.15, 0.2) is 0 Å². The molecule has 0 aliphatic heterocycles. The zero-order valence-electron chi connectivity index (χ0n) is 14.4. The van der Waals surface area contributed by atoms with E-state index in [9.17, 15) is 9.59 Å². The molecule has 1 aliphatic carbocycles. The SMILES string of the molecule is O=C(C=Cc1cccs1)NC1CCC(NC(=O)C=Cc2cccs2)CC1. The van der Waals surface area contributed by atoms with Gasteiger partial charge >= 0.3 is 0 Å². The van der Waals surface area contributed by atoms with Gasteiger partial charge in [-0.2, -0.15) is 0 Å². The molecule has 26 heavy (non-hydrogen) atoms. The van der Waals surface area contributed by atoms with Gasteiger partial charge in [-0.15, -0.1) is 22.7 Å². The Morgan fingerprint density at radius 1 is 0.808 bits per heavy atom. The van der Waals surface area contributed by atoms with Crippen molar-refractivity contribution in [2.75, 3.05) is 0 Å². The van der Waals surface area contributed by atoms with Crippen LogP contribution in [0.25, 0.3) is 12.2 Å². The Morgan fingerprint density at radius 2 is 1.23 bits per heavy atom. The van der Waals surface area contributed by atoms with Crippen LogP contribution >= 0.6 is 22.7 Å². The van der Waals surface area contributed by atoms with Crippen LogP contribution in [0.2, 0.25) is 0 Å². The summed E-state index contributed by atoms with van der Waals surface area (Å²) in [6, 6.07) is 8.27. The molecule has 1 aliphatic rings. The summed E-state index contributed by atoms with van der Waals surface area (Å²) >= 11 is 3.22. The smallest absolute Gasteiger partial charge is 0.244 e. The molecule has 1 saturated carbocycles. The molecule has 0 bridgehead atoms. The van der Waals surface area contributed by atoms with Crippen LogP contribution in [0, 0.1) is 0 Å². The lowest BCUT2D eigenvalue weighted by Crippen LogP contribution is -2.43. The van der Waals surface area contributed by atoms with Gasteiger partial charge in [0.25, 0.3) is 0 Å². The summed E-state index contributed by atoms with van der Waals surface area (Å²) in [6.45, 7) is 0. The molecule has 2 amide bonds. The van der Waals surface area contributed by atoms with E-state index in [-0.39, 0.29) is 23.9 Å². The van der Waals surface area contributed by atoms with E-state index < -0.39 is 0 Å². The Balaban J connectivity index is 1.37. The molecule has 0 unspecified atom stereocenters. The number of carbonyl (C=O) groups excluding carboxylic acids is 2. The lowest BCUT2D eigenvalue weighted by molar-refractivity contribution is -0.118. The summed E-state index contributed by atoms with van der Waals surface area (Å²) in [5.41, 5.74) is 0. The maximum absolute atomic E-state index is 12.0. The van der Waals surface area contributed by atoms with E-state index in [0.717, 1.165) is 35.4 Å². The highest BCUT2D eigenvalue weighted by atomic mass is 32.1. The van der Waals surface area contributed by atoms with Gasteiger partial charge in [-0.1, -0.05) is 12.1 Å². The quantitative estimate of drug-likeness (QED) is 0.735. The monoisotopic (exact) mass is 386 g/mol. The van der Waals surface area contributed by atoms with Crippen molar-refractivity contribution in [2.45, 2.75) is 37.8 Å². The minimum Gasteiger partial charge on any atom is -0.350 e. The molecule has 6 heteroatoms. The van der Waals surface area contributed by atoms with Crippen molar-refractivity contribution in [2.24, 2.45) is 0 Å². The van der Waals surface area contributed by atoms with Crippen molar-refractivity contribution < 1.29 is 9.59 Å². The van der Waals surface area contributed by atoms with Crippen LogP contribution in [-0.2, 0) is 9.59 Å². The largest absolute Gasteiger partial charge is 0.350 e. The molecule has 0 aromatic carbocycles. The van der Waals surface area contributed by atoms with Gasteiger partial charge < -0.3 is 10.6 Å². The molecule has 4 nitrogen and oxygen atoms in total. The first kappa shape index (κ1) is 18.6. The molecule has 1 fully saturated rings. The van der Waals surface area contributed by atoms with Crippen LogP contribution < -0.4 is 10.6 Å². The molecule has 2 aromatic rings. The minimum atomic E-state index is -0.0511. The third-order valence-corrected chi connectivity index (χ3v) is 5.98. The topological polar surface area (TPSA) is 58.2 Å². The molecule has 2 aromatic heterocycles. The van der Waals surface area contributed by atoms with Crippen LogP contribution in [0.5, 0.6) is 0 Å². The molecular formula is C20H22N2O2S2. The highest BCUT2D eigenvalue weighted by Crippen LogP contribution is 2.19. The predicted molar refractivity (Wildman–Crippen MR) is 109 cm³/mol. The minimum absolute atomic E-state index is 0.0511. The summed E-state index contributed by atoms with van der Waals surface area (Å²) in [5.74, 6) is -0.102. The van der Waals surface area contributed by atoms with Gasteiger partial charge in [0.1, 0.15) is 0 Å². The summed E-state index contributed by atoms with van der Waals surface area (Å²) in [6.07, 6.45) is 10.4. The van der Waals surface area contributed by atoms with Gasteiger partial charge in [0.05, 0.1) is 0 Å². The fourth-order valence-corrected chi connectivity index (χ4v) is 4.20. The molecule has 2 heterocycles. The number of carbonyl (C=O) groups is 2. The molecule has 0 spiro atoms. The lowest BCUT2D eigenvalue weighted by atomic mass is 9.91. The van der Waals surface area contributed by atoms with E-state index in [1.54, 1.807) is 34.8 Å². The number of nitrogens with one attached hydrogen (secondary N) is 2. The number of rotatable bonds is 6. The first-order chi connectivity index (χ1) is 12.7. The summed E-state index contributed by atoms with van der Waals surface area (Å²) in [7, 11) is 0. The van der Waals surface area contributed by atoms with Gasteiger partial charge in [-0.3, -0.25) is 9.59 Å². The molecule has 0 atom stereocenters. The Bertz CT molecular complexity index is 690. The third-order valence-electron chi connectivity index (χ3n) is 4.30. The number of thiophene rings is 2. The van der Waals surface area contributed by atoms with E-state index in [1.807, 2.05) is 47.2 Å². The second-order valence-electron chi connectivity index (χ2n) is 6.26. The maximum atomic E-state index is 12.0. The van der Waals surface area contributed by atoms with Gasteiger partial charge in [0, 0.05) is 34.0 Å². The summed E-state index contributed by atoms with van der Waals surface area (Å²) in [4.78, 5) is 26.1.